The molecule has 128 valence electrons. The van der Waals surface area contributed by atoms with E-state index < -0.39 is 0 Å². The molecular weight excluding hydrogens is 369 g/mol. The SMILES string of the molecule is Nc1nc(Cl)cc(NC2CCN(Cc3ccc(Cl)c(Cl)c3)CC2)n1. The molecule has 0 bridgehead atoms. The van der Waals surface area contributed by atoms with Gasteiger partial charge in [0, 0.05) is 31.7 Å². The number of rotatable bonds is 4. The zero-order chi connectivity index (χ0) is 17.1. The van der Waals surface area contributed by atoms with Crippen LogP contribution in [-0.2, 0) is 6.54 Å². The van der Waals surface area contributed by atoms with Gasteiger partial charge in [-0.1, -0.05) is 40.9 Å². The van der Waals surface area contributed by atoms with Gasteiger partial charge in [0.2, 0.25) is 5.95 Å². The molecule has 3 rings (SSSR count). The lowest BCUT2D eigenvalue weighted by Gasteiger charge is -2.32. The Labute approximate surface area is 156 Å². The molecule has 1 aliphatic rings. The number of nitrogens with zero attached hydrogens (tertiary/aromatic N) is 3. The third-order valence-corrected chi connectivity index (χ3v) is 4.97. The largest absolute Gasteiger partial charge is 0.368 e. The van der Waals surface area contributed by atoms with Crippen LogP contribution in [0.3, 0.4) is 0 Å². The van der Waals surface area contributed by atoms with Gasteiger partial charge in [-0.15, -0.1) is 0 Å². The summed E-state index contributed by atoms with van der Waals surface area (Å²) in [6.07, 6.45) is 2.03. The molecule has 1 saturated heterocycles. The number of likely N-dealkylation sites (tertiary alicyclic amines) is 1. The van der Waals surface area contributed by atoms with E-state index in [1.54, 1.807) is 6.07 Å². The second-order valence-corrected chi connectivity index (χ2v) is 7.08. The number of halogens is 3. The van der Waals surface area contributed by atoms with Gasteiger partial charge in [0.25, 0.3) is 0 Å². The van der Waals surface area contributed by atoms with Gasteiger partial charge in [0.15, 0.2) is 0 Å². The number of aromatic nitrogens is 2. The van der Waals surface area contributed by atoms with E-state index in [0.29, 0.717) is 27.1 Å². The zero-order valence-corrected chi connectivity index (χ0v) is 15.2. The van der Waals surface area contributed by atoms with Gasteiger partial charge in [-0.05, 0) is 30.5 Å². The van der Waals surface area contributed by atoms with E-state index in [9.17, 15) is 0 Å². The molecule has 2 heterocycles. The first kappa shape index (κ1) is 17.5. The monoisotopic (exact) mass is 385 g/mol. The van der Waals surface area contributed by atoms with E-state index in [-0.39, 0.29) is 5.95 Å². The molecule has 0 unspecified atom stereocenters. The first-order valence-corrected chi connectivity index (χ1v) is 8.86. The number of nitrogens with two attached hydrogens (primary N) is 1. The minimum Gasteiger partial charge on any atom is -0.368 e. The van der Waals surface area contributed by atoms with Crippen molar-refractivity contribution in [2.75, 3.05) is 24.1 Å². The highest BCUT2D eigenvalue weighted by molar-refractivity contribution is 6.42. The standard InChI is InChI=1S/C16H18Cl3N5/c17-12-2-1-10(7-13(12)18)9-24-5-3-11(4-6-24)21-15-8-14(19)22-16(20)23-15/h1-2,7-8,11H,3-6,9H2,(H3,20,21,22,23). The van der Waals surface area contributed by atoms with Crippen molar-refractivity contribution in [1.29, 1.82) is 0 Å². The van der Waals surface area contributed by atoms with Gasteiger partial charge in [-0.2, -0.15) is 4.98 Å². The summed E-state index contributed by atoms with van der Waals surface area (Å²) < 4.78 is 0. The third-order valence-electron chi connectivity index (χ3n) is 4.04. The van der Waals surface area contributed by atoms with E-state index in [0.717, 1.165) is 32.5 Å². The van der Waals surface area contributed by atoms with Gasteiger partial charge in [0.1, 0.15) is 11.0 Å². The predicted octanol–water partition coefficient (Wildman–Crippen LogP) is 4.10. The minimum atomic E-state index is 0.182. The molecule has 0 amide bonds. The number of nitrogen functional groups attached to an aromatic ring is 1. The summed E-state index contributed by atoms with van der Waals surface area (Å²) in [5.74, 6) is 0.859. The van der Waals surface area contributed by atoms with E-state index in [2.05, 4.69) is 20.2 Å². The molecule has 5 nitrogen and oxygen atoms in total. The van der Waals surface area contributed by atoms with E-state index >= 15 is 0 Å². The summed E-state index contributed by atoms with van der Waals surface area (Å²) in [6.45, 7) is 2.86. The molecule has 2 aromatic rings. The smallest absolute Gasteiger partial charge is 0.223 e. The van der Waals surface area contributed by atoms with Crippen molar-refractivity contribution in [1.82, 2.24) is 14.9 Å². The van der Waals surface area contributed by atoms with Crippen molar-refractivity contribution in [3.8, 4) is 0 Å². The number of hydrogen-bond acceptors (Lipinski definition) is 5. The summed E-state index contributed by atoms with van der Waals surface area (Å²) in [5.41, 5.74) is 6.79. The van der Waals surface area contributed by atoms with Gasteiger partial charge in [0.05, 0.1) is 10.0 Å². The fraction of sp³-hybridized carbons (Fsp3) is 0.375. The van der Waals surface area contributed by atoms with Gasteiger partial charge < -0.3 is 11.1 Å². The van der Waals surface area contributed by atoms with E-state index in [4.69, 9.17) is 40.5 Å². The van der Waals surface area contributed by atoms with Crippen LogP contribution in [0.5, 0.6) is 0 Å². The van der Waals surface area contributed by atoms with Crippen LogP contribution < -0.4 is 11.1 Å². The lowest BCUT2D eigenvalue weighted by Crippen LogP contribution is -2.38. The maximum absolute atomic E-state index is 6.08. The first-order valence-electron chi connectivity index (χ1n) is 7.72. The van der Waals surface area contributed by atoms with Crippen LogP contribution in [0, 0.1) is 0 Å². The molecule has 1 fully saturated rings. The maximum Gasteiger partial charge on any atom is 0.223 e. The van der Waals surface area contributed by atoms with Crippen molar-refractivity contribution in [2.45, 2.75) is 25.4 Å². The lowest BCUT2D eigenvalue weighted by molar-refractivity contribution is 0.211. The molecule has 24 heavy (non-hydrogen) atoms. The number of piperidine rings is 1. The van der Waals surface area contributed by atoms with Crippen LogP contribution >= 0.6 is 34.8 Å². The van der Waals surface area contributed by atoms with E-state index in [1.165, 1.54) is 5.56 Å². The molecule has 0 radical (unpaired) electrons. The van der Waals surface area contributed by atoms with Crippen molar-refractivity contribution in [3.05, 3.63) is 45.0 Å². The maximum atomic E-state index is 6.08. The normalized spacial score (nSPS) is 16.3. The molecule has 8 heteroatoms. The average molecular weight is 387 g/mol. The Hall–Kier alpha value is -1.27. The second-order valence-electron chi connectivity index (χ2n) is 5.88. The van der Waals surface area contributed by atoms with Crippen LogP contribution in [0.1, 0.15) is 18.4 Å². The zero-order valence-electron chi connectivity index (χ0n) is 13.0. The average Bonchev–Trinajstić information content (AvgIpc) is 2.52. The molecule has 1 aromatic heterocycles. The summed E-state index contributed by atoms with van der Waals surface area (Å²) in [5, 5.41) is 4.92. The number of hydrogen-bond donors (Lipinski definition) is 2. The summed E-state index contributed by atoms with van der Waals surface area (Å²) in [7, 11) is 0. The molecular formula is C16H18Cl3N5. The fourth-order valence-corrected chi connectivity index (χ4v) is 3.36. The lowest BCUT2D eigenvalue weighted by atomic mass is 10.0. The predicted molar refractivity (Wildman–Crippen MR) is 99.8 cm³/mol. The van der Waals surface area contributed by atoms with Crippen molar-refractivity contribution in [3.63, 3.8) is 0 Å². The van der Waals surface area contributed by atoms with Crippen LogP contribution in [0.2, 0.25) is 15.2 Å². The minimum absolute atomic E-state index is 0.182. The third kappa shape index (κ3) is 4.63. The van der Waals surface area contributed by atoms with E-state index in [1.807, 2.05) is 18.2 Å². The van der Waals surface area contributed by atoms with Crippen LogP contribution in [0.25, 0.3) is 0 Å². The van der Waals surface area contributed by atoms with Crippen LogP contribution in [0.15, 0.2) is 24.3 Å². The van der Waals surface area contributed by atoms with Crippen LogP contribution in [-0.4, -0.2) is 34.0 Å². The van der Waals surface area contributed by atoms with Gasteiger partial charge >= 0.3 is 0 Å². The quantitative estimate of drug-likeness (QED) is 0.775. The summed E-state index contributed by atoms with van der Waals surface area (Å²) in [6, 6.07) is 7.83. The molecule has 0 aliphatic carbocycles. The Morgan fingerprint density at radius 3 is 2.50 bits per heavy atom. The molecule has 0 atom stereocenters. The summed E-state index contributed by atoms with van der Waals surface area (Å²) >= 11 is 17.9. The fourth-order valence-electron chi connectivity index (χ4n) is 2.85. The van der Waals surface area contributed by atoms with Crippen LogP contribution in [0.4, 0.5) is 11.8 Å². The highest BCUT2D eigenvalue weighted by atomic mass is 35.5. The first-order chi connectivity index (χ1) is 11.5. The Morgan fingerprint density at radius 2 is 1.83 bits per heavy atom. The Kier molecular flexibility index (Phi) is 5.66. The van der Waals surface area contributed by atoms with Gasteiger partial charge in [-0.3, -0.25) is 4.90 Å². The van der Waals surface area contributed by atoms with Crippen molar-refractivity contribution >= 4 is 46.6 Å². The molecule has 1 aromatic carbocycles. The molecule has 1 aliphatic heterocycles. The number of benzene rings is 1. The molecule has 0 spiro atoms. The Bertz CT molecular complexity index is 697. The van der Waals surface area contributed by atoms with Crippen molar-refractivity contribution < 1.29 is 0 Å². The number of nitrogens with one attached hydrogen (secondary N) is 1. The van der Waals surface area contributed by atoms with Gasteiger partial charge in [-0.25, -0.2) is 4.98 Å². The molecule has 0 saturated carbocycles. The summed E-state index contributed by atoms with van der Waals surface area (Å²) in [4.78, 5) is 10.4. The highest BCUT2D eigenvalue weighted by Gasteiger charge is 2.20. The topological polar surface area (TPSA) is 67.1 Å². The second kappa shape index (κ2) is 7.74. The Balaban J connectivity index is 1.52. The Morgan fingerprint density at radius 1 is 1.08 bits per heavy atom. The molecule has 3 N–H and O–H groups in total. The number of anilines is 2. The van der Waals surface area contributed by atoms with Crippen molar-refractivity contribution in [2.24, 2.45) is 0 Å². The highest BCUT2D eigenvalue weighted by Crippen LogP contribution is 2.24.